The molecule has 0 bridgehead atoms. The topological polar surface area (TPSA) is 32.3 Å². The van der Waals surface area contributed by atoms with Crippen LogP contribution < -0.4 is 5.32 Å². The Morgan fingerprint density at radius 3 is 2.75 bits per heavy atom. The van der Waals surface area contributed by atoms with Crippen molar-refractivity contribution in [2.75, 3.05) is 6.54 Å². The Bertz CT molecular complexity index is 342. The standard InChI is InChI=1S/C12H16BrNO.ClH/c13-11-4-5-12(15)10(6-11)8-14-7-9-2-1-3-9;/h4-6,9,14-15H,1-3,7-8H2;1H. The molecule has 0 aliphatic heterocycles. The molecule has 2 rings (SSSR count). The van der Waals surface area contributed by atoms with Crippen LogP contribution in [0.1, 0.15) is 24.8 Å². The van der Waals surface area contributed by atoms with Gasteiger partial charge in [0.15, 0.2) is 0 Å². The Labute approximate surface area is 111 Å². The van der Waals surface area contributed by atoms with Crippen molar-refractivity contribution in [3.8, 4) is 5.75 Å². The predicted molar refractivity (Wildman–Crippen MR) is 72.1 cm³/mol. The number of hydrogen-bond donors (Lipinski definition) is 2. The fourth-order valence-corrected chi connectivity index (χ4v) is 2.21. The van der Waals surface area contributed by atoms with Crippen LogP contribution in [0.15, 0.2) is 22.7 Å². The second-order valence-corrected chi connectivity index (χ2v) is 5.12. The van der Waals surface area contributed by atoms with Gasteiger partial charge in [0.1, 0.15) is 5.75 Å². The first kappa shape index (κ1) is 13.8. The van der Waals surface area contributed by atoms with Crippen molar-refractivity contribution in [1.29, 1.82) is 0 Å². The molecule has 2 N–H and O–H groups in total. The molecule has 2 nitrogen and oxygen atoms in total. The molecule has 0 spiro atoms. The van der Waals surface area contributed by atoms with Crippen LogP contribution >= 0.6 is 28.3 Å². The molecule has 1 aromatic carbocycles. The van der Waals surface area contributed by atoms with Crippen LogP contribution in [0, 0.1) is 5.92 Å². The van der Waals surface area contributed by atoms with Crippen LogP contribution in [0.25, 0.3) is 0 Å². The second-order valence-electron chi connectivity index (χ2n) is 4.20. The summed E-state index contributed by atoms with van der Waals surface area (Å²) >= 11 is 3.40. The third-order valence-corrected chi connectivity index (χ3v) is 3.51. The highest BCUT2D eigenvalue weighted by Crippen LogP contribution is 2.26. The number of hydrogen-bond acceptors (Lipinski definition) is 2. The van der Waals surface area contributed by atoms with Gasteiger partial charge in [-0.3, -0.25) is 0 Å². The Kier molecular flexibility index (Phi) is 5.59. The lowest BCUT2D eigenvalue weighted by atomic mass is 9.85. The minimum Gasteiger partial charge on any atom is -0.508 e. The first-order chi connectivity index (χ1) is 7.25. The maximum atomic E-state index is 9.61. The zero-order chi connectivity index (χ0) is 10.7. The van der Waals surface area contributed by atoms with E-state index in [0.29, 0.717) is 5.75 Å². The molecule has 0 heterocycles. The number of phenols is 1. The van der Waals surface area contributed by atoms with E-state index < -0.39 is 0 Å². The van der Waals surface area contributed by atoms with Crippen LogP contribution in [0.2, 0.25) is 0 Å². The lowest BCUT2D eigenvalue weighted by molar-refractivity contribution is 0.300. The molecule has 0 saturated heterocycles. The molecule has 1 aliphatic carbocycles. The smallest absolute Gasteiger partial charge is 0.120 e. The minimum absolute atomic E-state index is 0. The normalized spacial score (nSPS) is 15.3. The largest absolute Gasteiger partial charge is 0.508 e. The minimum atomic E-state index is 0. The monoisotopic (exact) mass is 305 g/mol. The molecular formula is C12H17BrClNO. The van der Waals surface area contributed by atoms with Crippen LogP contribution in [-0.4, -0.2) is 11.7 Å². The number of aromatic hydroxyl groups is 1. The summed E-state index contributed by atoms with van der Waals surface area (Å²) in [6, 6.07) is 5.54. The third kappa shape index (κ3) is 3.65. The molecule has 1 saturated carbocycles. The summed E-state index contributed by atoms with van der Waals surface area (Å²) in [5.74, 6) is 1.23. The van der Waals surface area contributed by atoms with E-state index in [1.54, 1.807) is 6.07 Å². The molecule has 1 fully saturated rings. The highest BCUT2D eigenvalue weighted by molar-refractivity contribution is 9.10. The Hall–Kier alpha value is -0.250. The van der Waals surface area contributed by atoms with Crippen LogP contribution in [-0.2, 0) is 6.54 Å². The van der Waals surface area contributed by atoms with Crippen molar-refractivity contribution in [3.05, 3.63) is 28.2 Å². The zero-order valence-corrected chi connectivity index (χ0v) is 11.5. The Morgan fingerprint density at radius 2 is 2.12 bits per heavy atom. The number of halogens is 2. The first-order valence-electron chi connectivity index (χ1n) is 5.44. The van der Waals surface area contributed by atoms with Gasteiger partial charge in [-0.15, -0.1) is 12.4 Å². The van der Waals surface area contributed by atoms with E-state index in [1.165, 1.54) is 19.3 Å². The number of rotatable bonds is 4. The molecule has 0 atom stereocenters. The van der Waals surface area contributed by atoms with Gasteiger partial charge in [-0.25, -0.2) is 0 Å². The second kappa shape index (κ2) is 6.48. The van der Waals surface area contributed by atoms with Crippen molar-refractivity contribution in [2.45, 2.75) is 25.8 Å². The number of nitrogens with one attached hydrogen (secondary N) is 1. The summed E-state index contributed by atoms with van der Waals surface area (Å²) in [6.45, 7) is 1.83. The van der Waals surface area contributed by atoms with E-state index in [9.17, 15) is 5.11 Å². The maximum absolute atomic E-state index is 9.61. The average molecular weight is 307 g/mol. The van der Waals surface area contributed by atoms with Crippen LogP contribution in [0.5, 0.6) is 5.75 Å². The average Bonchev–Trinajstić information content (AvgIpc) is 2.15. The van der Waals surface area contributed by atoms with Gasteiger partial charge < -0.3 is 10.4 Å². The number of phenolic OH excluding ortho intramolecular Hbond substituents is 1. The zero-order valence-electron chi connectivity index (χ0n) is 9.08. The number of benzene rings is 1. The van der Waals surface area contributed by atoms with E-state index >= 15 is 0 Å². The fraction of sp³-hybridized carbons (Fsp3) is 0.500. The molecule has 90 valence electrons. The molecule has 0 aromatic heterocycles. The predicted octanol–water partition coefficient (Wildman–Crippen LogP) is 3.47. The van der Waals surface area contributed by atoms with E-state index in [0.717, 1.165) is 29.0 Å². The lowest BCUT2D eigenvalue weighted by Gasteiger charge is -2.25. The molecule has 1 aromatic rings. The van der Waals surface area contributed by atoms with Gasteiger partial charge in [0, 0.05) is 16.6 Å². The third-order valence-electron chi connectivity index (χ3n) is 3.01. The van der Waals surface area contributed by atoms with Gasteiger partial charge in [-0.2, -0.15) is 0 Å². The molecule has 0 radical (unpaired) electrons. The fourth-order valence-electron chi connectivity index (χ4n) is 1.80. The molecule has 0 unspecified atom stereocenters. The molecule has 0 amide bonds. The summed E-state index contributed by atoms with van der Waals surface area (Å²) < 4.78 is 1.01. The van der Waals surface area contributed by atoms with E-state index in [4.69, 9.17) is 0 Å². The summed E-state index contributed by atoms with van der Waals surface area (Å²) in [7, 11) is 0. The van der Waals surface area contributed by atoms with E-state index in [1.807, 2.05) is 12.1 Å². The summed E-state index contributed by atoms with van der Waals surface area (Å²) in [6.07, 6.45) is 4.10. The van der Waals surface area contributed by atoms with Gasteiger partial charge in [0.25, 0.3) is 0 Å². The van der Waals surface area contributed by atoms with Gasteiger partial charge in [-0.1, -0.05) is 22.4 Å². The summed E-state index contributed by atoms with van der Waals surface area (Å²) in [5, 5.41) is 13.0. The van der Waals surface area contributed by atoms with Gasteiger partial charge in [-0.05, 0) is 43.5 Å². The lowest BCUT2D eigenvalue weighted by Crippen LogP contribution is -2.26. The molecular weight excluding hydrogens is 289 g/mol. The van der Waals surface area contributed by atoms with Crippen molar-refractivity contribution in [3.63, 3.8) is 0 Å². The van der Waals surface area contributed by atoms with Crippen molar-refractivity contribution in [2.24, 2.45) is 5.92 Å². The van der Waals surface area contributed by atoms with Gasteiger partial charge in [0.05, 0.1) is 0 Å². The summed E-state index contributed by atoms with van der Waals surface area (Å²) in [4.78, 5) is 0. The quantitative estimate of drug-likeness (QED) is 0.893. The van der Waals surface area contributed by atoms with Crippen LogP contribution in [0.3, 0.4) is 0 Å². The Morgan fingerprint density at radius 1 is 1.38 bits per heavy atom. The van der Waals surface area contributed by atoms with Crippen LogP contribution in [0.4, 0.5) is 0 Å². The van der Waals surface area contributed by atoms with Crippen molar-refractivity contribution in [1.82, 2.24) is 5.32 Å². The Balaban J connectivity index is 0.00000128. The molecule has 4 heteroatoms. The van der Waals surface area contributed by atoms with Crippen molar-refractivity contribution < 1.29 is 5.11 Å². The van der Waals surface area contributed by atoms with E-state index in [-0.39, 0.29) is 12.4 Å². The molecule has 1 aliphatic rings. The van der Waals surface area contributed by atoms with E-state index in [2.05, 4.69) is 21.2 Å². The highest BCUT2D eigenvalue weighted by Gasteiger charge is 2.16. The highest BCUT2D eigenvalue weighted by atomic mass is 79.9. The molecule has 16 heavy (non-hydrogen) atoms. The van der Waals surface area contributed by atoms with Gasteiger partial charge >= 0.3 is 0 Å². The van der Waals surface area contributed by atoms with Gasteiger partial charge in [0.2, 0.25) is 0 Å². The maximum Gasteiger partial charge on any atom is 0.120 e. The summed E-state index contributed by atoms with van der Waals surface area (Å²) in [5.41, 5.74) is 0.962. The SMILES string of the molecule is Cl.Oc1ccc(Br)cc1CNCC1CCC1. The first-order valence-corrected chi connectivity index (χ1v) is 6.23. The van der Waals surface area contributed by atoms with Crippen molar-refractivity contribution >= 4 is 28.3 Å².